The van der Waals surface area contributed by atoms with E-state index in [9.17, 15) is 4.79 Å². The van der Waals surface area contributed by atoms with Crippen molar-refractivity contribution in [1.29, 1.82) is 0 Å². The molecule has 1 aromatic carbocycles. The molecule has 30 heavy (non-hydrogen) atoms. The van der Waals surface area contributed by atoms with Crippen LogP contribution in [-0.2, 0) is 16.6 Å². The lowest BCUT2D eigenvalue weighted by Crippen LogP contribution is -2.25. The number of aromatic nitrogens is 2. The average molecular weight is 415 g/mol. The Bertz CT molecular complexity index is 916. The Kier molecular flexibility index (Phi) is 6.64. The minimum absolute atomic E-state index is 0.00128. The molecular formula is C22H30N4O4. The van der Waals surface area contributed by atoms with Crippen molar-refractivity contribution < 1.29 is 19.4 Å². The van der Waals surface area contributed by atoms with Gasteiger partial charge in [0, 0.05) is 38.0 Å². The molecule has 4 rings (SSSR count). The third kappa shape index (κ3) is 4.13. The van der Waals surface area contributed by atoms with E-state index in [1.807, 2.05) is 7.05 Å². The fourth-order valence-corrected chi connectivity index (χ4v) is 4.36. The molecule has 1 fully saturated rings. The Morgan fingerprint density at radius 1 is 1.30 bits per heavy atom. The largest absolute Gasteiger partial charge is 0.495 e. The van der Waals surface area contributed by atoms with E-state index in [1.165, 1.54) is 12.8 Å². The van der Waals surface area contributed by atoms with Crippen LogP contribution >= 0.6 is 0 Å². The van der Waals surface area contributed by atoms with Crippen molar-refractivity contribution in [1.82, 2.24) is 9.78 Å². The van der Waals surface area contributed by atoms with E-state index in [2.05, 4.69) is 47.4 Å². The number of carbonyl (C=O) groups excluding carboxylic acids is 1. The van der Waals surface area contributed by atoms with Gasteiger partial charge in [0.2, 0.25) is 5.91 Å². The van der Waals surface area contributed by atoms with Gasteiger partial charge in [-0.1, -0.05) is 19.9 Å². The molecule has 8 nitrogen and oxygen atoms in total. The maximum Gasteiger partial charge on any atom is 0.290 e. The zero-order valence-corrected chi connectivity index (χ0v) is 18.0. The summed E-state index contributed by atoms with van der Waals surface area (Å²) in [6.07, 6.45) is 2.89. The van der Waals surface area contributed by atoms with E-state index < -0.39 is 0 Å². The lowest BCUT2D eigenvalue weighted by atomic mass is 9.83. The Balaban J connectivity index is 0.000000806. The fraction of sp³-hybridized carbons (Fsp3) is 0.500. The molecule has 2 aromatic rings. The number of amides is 1. The molecule has 0 aliphatic carbocycles. The summed E-state index contributed by atoms with van der Waals surface area (Å²) in [5.41, 5.74) is 4.46. The number of benzene rings is 1. The second-order valence-electron chi connectivity index (χ2n) is 7.96. The van der Waals surface area contributed by atoms with E-state index in [0.717, 1.165) is 47.2 Å². The van der Waals surface area contributed by atoms with Crippen molar-refractivity contribution in [3.63, 3.8) is 0 Å². The summed E-state index contributed by atoms with van der Waals surface area (Å²) in [6.45, 7) is 6.19. The van der Waals surface area contributed by atoms with Gasteiger partial charge in [0.15, 0.2) is 0 Å². The van der Waals surface area contributed by atoms with Gasteiger partial charge in [-0.25, -0.2) is 0 Å². The zero-order valence-electron chi connectivity index (χ0n) is 18.0. The highest BCUT2D eigenvalue weighted by Crippen LogP contribution is 2.43. The lowest BCUT2D eigenvalue weighted by molar-refractivity contribution is -0.123. The Morgan fingerprint density at radius 3 is 2.57 bits per heavy atom. The van der Waals surface area contributed by atoms with Crippen molar-refractivity contribution in [2.75, 3.05) is 30.4 Å². The molecule has 2 N–H and O–H groups in total. The third-order valence-electron chi connectivity index (χ3n) is 5.71. The highest BCUT2D eigenvalue weighted by atomic mass is 16.5. The molecule has 1 saturated heterocycles. The van der Waals surface area contributed by atoms with Gasteiger partial charge in [-0.3, -0.25) is 14.3 Å². The summed E-state index contributed by atoms with van der Waals surface area (Å²) in [5, 5.41) is 14.6. The van der Waals surface area contributed by atoms with E-state index in [1.54, 1.807) is 11.8 Å². The second kappa shape index (κ2) is 9.19. The van der Waals surface area contributed by atoms with Crippen LogP contribution < -0.4 is 15.0 Å². The molecule has 0 bridgehead atoms. The molecule has 1 amide bonds. The molecule has 0 saturated carbocycles. The lowest BCUT2D eigenvalue weighted by Gasteiger charge is -2.27. The smallest absolute Gasteiger partial charge is 0.290 e. The molecular weight excluding hydrogens is 384 g/mol. The summed E-state index contributed by atoms with van der Waals surface area (Å²) in [5.74, 6) is 2.04. The predicted molar refractivity (Wildman–Crippen MR) is 116 cm³/mol. The third-order valence-corrected chi connectivity index (χ3v) is 5.71. The molecule has 0 radical (unpaired) electrons. The number of methoxy groups -OCH3 is 1. The van der Waals surface area contributed by atoms with Crippen LogP contribution in [-0.4, -0.2) is 47.5 Å². The monoisotopic (exact) mass is 414 g/mol. The van der Waals surface area contributed by atoms with Crippen molar-refractivity contribution in [3.8, 4) is 5.75 Å². The minimum atomic E-state index is -0.250. The molecule has 162 valence electrons. The van der Waals surface area contributed by atoms with Crippen molar-refractivity contribution in [2.45, 2.75) is 44.9 Å². The molecule has 3 heterocycles. The normalized spacial score (nSPS) is 17.8. The first-order valence-electron chi connectivity index (χ1n) is 10.3. The number of ether oxygens (including phenoxy) is 1. The topological polar surface area (TPSA) is 96.7 Å². The number of rotatable bonds is 4. The van der Waals surface area contributed by atoms with Gasteiger partial charge in [0.1, 0.15) is 11.6 Å². The van der Waals surface area contributed by atoms with E-state index in [0.29, 0.717) is 12.3 Å². The minimum Gasteiger partial charge on any atom is -0.495 e. The number of nitrogens with one attached hydrogen (secondary N) is 1. The van der Waals surface area contributed by atoms with Crippen LogP contribution in [0.5, 0.6) is 5.75 Å². The second-order valence-corrected chi connectivity index (χ2v) is 7.96. The quantitative estimate of drug-likeness (QED) is 0.745. The predicted octanol–water partition coefficient (Wildman–Crippen LogP) is 3.33. The van der Waals surface area contributed by atoms with Crippen LogP contribution in [0.25, 0.3) is 0 Å². The van der Waals surface area contributed by atoms with Gasteiger partial charge in [-0.2, -0.15) is 5.10 Å². The molecule has 8 heteroatoms. The summed E-state index contributed by atoms with van der Waals surface area (Å²) < 4.78 is 7.52. The van der Waals surface area contributed by atoms with E-state index >= 15 is 0 Å². The van der Waals surface area contributed by atoms with Crippen LogP contribution in [0.15, 0.2) is 18.2 Å². The summed E-state index contributed by atoms with van der Waals surface area (Å²) in [4.78, 5) is 23.1. The Labute approximate surface area is 176 Å². The van der Waals surface area contributed by atoms with Gasteiger partial charge in [0.25, 0.3) is 6.47 Å². The number of carboxylic acid groups (broad SMARTS) is 1. The summed E-state index contributed by atoms with van der Waals surface area (Å²) in [6, 6.07) is 6.41. The molecule has 2 aliphatic rings. The number of nitrogens with zero attached hydrogens (tertiary/aromatic N) is 3. The highest BCUT2D eigenvalue weighted by Gasteiger charge is 2.34. The average Bonchev–Trinajstić information content (AvgIpc) is 3.36. The van der Waals surface area contributed by atoms with Gasteiger partial charge in [0.05, 0.1) is 18.5 Å². The number of hydrogen-bond donors (Lipinski definition) is 2. The van der Waals surface area contributed by atoms with Crippen LogP contribution in [0, 0.1) is 0 Å². The van der Waals surface area contributed by atoms with Gasteiger partial charge < -0.3 is 20.1 Å². The fourth-order valence-electron chi connectivity index (χ4n) is 4.36. The summed E-state index contributed by atoms with van der Waals surface area (Å²) in [7, 11) is 3.62. The number of fused-ring (bicyclic) bond motifs is 1. The number of anilines is 2. The first-order chi connectivity index (χ1) is 14.4. The maximum absolute atomic E-state index is 12.4. The van der Waals surface area contributed by atoms with Gasteiger partial charge >= 0.3 is 0 Å². The number of hydrogen-bond acceptors (Lipinski definition) is 5. The van der Waals surface area contributed by atoms with Crippen LogP contribution in [0.4, 0.5) is 11.5 Å². The van der Waals surface area contributed by atoms with Crippen molar-refractivity contribution in [3.05, 3.63) is 35.0 Å². The van der Waals surface area contributed by atoms with E-state index in [4.69, 9.17) is 14.6 Å². The molecule has 1 unspecified atom stereocenters. The number of aryl methyl sites for hydroxylation is 1. The van der Waals surface area contributed by atoms with Gasteiger partial charge in [-0.15, -0.1) is 0 Å². The Hall–Kier alpha value is -3.03. The van der Waals surface area contributed by atoms with Crippen LogP contribution in [0.2, 0.25) is 0 Å². The first-order valence-corrected chi connectivity index (χ1v) is 10.3. The highest BCUT2D eigenvalue weighted by molar-refractivity contribution is 5.94. The SMILES string of the molecule is COc1cc(C2CC(=O)Nc3c2c(C(C)C)nn3C)ccc1N1CCCC1.O=CO. The first kappa shape index (κ1) is 21.7. The molecule has 1 atom stereocenters. The molecule has 2 aliphatic heterocycles. The molecule has 0 spiro atoms. The molecule has 1 aromatic heterocycles. The Morgan fingerprint density at radius 2 is 1.97 bits per heavy atom. The maximum atomic E-state index is 12.4. The van der Waals surface area contributed by atoms with E-state index in [-0.39, 0.29) is 18.3 Å². The van der Waals surface area contributed by atoms with Gasteiger partial charge in [-0.05, 0) is 36.5 Å². The number of carbonyl (C=O) groups is 2. The zero-order chi connectivity index (χ0) is 21.8. The summed E-state index contributed by atoms with van der Waals surface area (Å²) >= 11 is 0. The standard InChI is InChI=1S/C21H28N4O2.CH2O2/c1-13(2)20-19-15(12-18(26)22-21(19)24(3)23-20)14-7-8-16(17(11-14)27-4)25-9-5-6-10-25;2-1-3/h7-8,11,13,15H,5-6,9-10,12H2,1-4H3,(H,22,26);1H,(H,2,3). The van der Waals surface area contributed by atoms with Crippen LogP contribution in [0.1, 0.15) is 61.8 Å². The van der Waals surface area contributed by atoms with Crippen LogP contribution in [0.3, 0.4) is 0 Å². The van der Waals surface area contributed by atoms with Crippen molar-refractivity contribution >= 4 is 23.9 Å². The van der Waals surface area contributed by atoms with Crippen molar-refractivity contribution in [2.24, 2.45) is 7.05 Å².